The van der Waals surface area contributed by atoms with E-state index < -0.39 is 18.0 Å². The van der Waals surface area contributed by atoms with Gasteiger partial charge in [0.05, 0.1) is 36.0 Å². The van der Waals surface area contributed by atoms with E-state index in [9.17, 15) is 14.4 Å². The molecule has 132 valence electrons. The van der Waals surface area contributed by atoms with E-state index in [0.717, 1.165) is 4.47 Å². The highest BCUT2D eigenvalue weighted by Crippen LogP contribution is 2.19. The van der Waals surface area contributed by atoms with Crippen LogP contribution in [0.3, 0.4) is 0 Å². The molecule has 1 aromatic carbocycles. The van der Waals surface area contributed by atoms with Crippen LogP contribution in [-0.4, -0.2) is 41.8 Å². The lowest BCUT2D eigenvalue weighted by atomic mass is 10.1. The Balaban J connectivity index is 2.29. The van der Waals surface area contributed by atoms with Crippen molar-refractivity contribution in [1.29, 1.82) is 0 Å². The van der Waals surface area contributed by atoms with E-state index in [1.807, 2.05) is 0 Å². The van der Waals surface area contributed by atoms with Gasteiger partial charge in [0.25, 0.3) is 0 Å². The lowest BCUT2D eigenvalue weighted by molar-refractivity contribution is -0.119. The molecule has 25 heavy (non-hydrogen) atoms. The highest BCUT2D eigenvalue weighted by Gasteiger charge is 2.19. The van der Waals surface area contributed by atoms with Gasteiger partial charge in [-0.15, -0.1) is 0 Å². The first-order valence-corrected chi connectivity index (χ1v) is 7.97. The molecule has 1 aromatic heterocycles. The predicted molar refractivity (Wildman–Crippen MR) is 92.4 cm³/mol. The molecule has 8 nitrogen and oxygen atoms in total. The molecule has 0 radical (unpaired) electrons. The van der Waals surface area contributed by atoms with Gasteiger partial charge in [-0.25, -0.2) is 9.59 Å². The third-order valence-electron chi connectivity index (χ3n) is 3.39. The Morgan fingerprint density at radius 1 is 1.12 bits per heavy atom. The lowest BCUT2D eigenvalue weighted by Gasteiger charge is -2.14. The third kappa shape index (κ3) is 4.44. The van der Waals surface area contributed by atoms with Crippen LogP contribution >= 0.6 is 15.9 Å². The summed E-state index contributed by atoms with van der Waals surface area (Å²) >= 11 is 3.27. The first kappa shape index (κ1) is 18.7. The molecule has 2 rings (SSSR count). The van der Waals surface area contributed by atoms with Crippen molar-refractivity contribution in [2.45, 2.75) is 13.0 Å². The predicted octanol–water partition coefficient (Wildman–Crippen LogP) is 2.42. The quantitative estimate of drug-likeness (QED) is 0.761. The van der Waals surface area contributed by atoms with Crippen LogP contribution in [0.4, 0.5) is 5.69 Å². The van der Waals surface area contributed by atoms with Crippen LogP contribution < -0.4 is 5.32 Å². The van der Waals surface area contributed by atoms with Crippen LogP contribution in [0.15, 0.2) is 35.1 Å². The summed E-state index contributed by atoms with van der Waals surface area (Å²) in [4.78, 5) is 35.9. The van der Waals surface area contributed by atoms with E-state index in [4.69, 9.17) is 0 Å². The minimum atomic E-state index is -0.634. The van der Waals surface area contributed by atoms with Crippen molar-refractivity contribution in [3.63, 3.8) is 0 Å². The Kier molecular flexibility index (Phi) is 5.92. The molecular formula is C16H16BrN3O5. The second kappa shape index (κ2) is 7.93. The summed E-state index contributed by atoms with van der Waals surface area (Å²) in [5.41, 5.74) is 0.511. The fourth-order valence-electron chi connectivity index (χ4n) is 2.06. The topological polar surface area (TPSA) is 99.5 Å². The van der Waals surface area contributed by atoms with Gasteiger partial charge in [-0.3, -0.25) is 9.48 Å². The van der Waals surface area contributed by atoms with Gasteiger partial charge in [-0.2, -0.15) is 5.10 Å². The summed E-state index contributed by atoms with van der Waals surface area (Å²) in [6.45, 7) is 1.67. The number of esters is 2. The summed E-state index contributed by atoms with van der Waals surface area (Å²) < 4.78 is 11.5. The number of carbonyl (C=O) groups is 3. The van der Waals surface area contributed by atoms with Crippen LogP contribution in [0.5, 0.6) is 0 Å². The number of hydrogen-bond acceptors (Lipinski definition) is 6. The molecule has 1 N–H and O–H groups in total. The van der Waals surface area contributed by atoms with E-state index in [1.165, 1.54) is 37.1 Å². The zero-order chi connectivity index (χ0) is 18.6. The number of nitrogens with zero attached hydrogens (tertiary/aromatic N) is 2. The average Bonchev–Trinajstić information content (AvgIpc) is 3.05. The largest absolute Gasteiger partial charge is 0.465 e. The van der Waals surface area contributed by atoms with Gasteiger partial charge >= 0.3 is 11.9 Å². The van der Waals surface area contributed by atoms with Crippen molar-refractivity contribution in [2.24, 2.45) is 0 Å². The molecule has 1 amide bonds. The molecule has 0 aliphatic heterocycles. The van der Waals surface area contributed by atoms with Crippen LogP contribution in [0, 0.1) is 0 Å². The van der Waals surface area contributed by atoms with Gasteiger partial charge in [0.1, 0.15) is 6.04 Å². The number of methoxy groups -OCH3 is 2. The lowest BCUT2D eigenvalue weighted by Crippen LogP contribution is -2.24. The molecule has 9 heteroatoms. The normalized spacial score (nSPS) is 11.5. The Labute approximate surface area is 152 Å². The number of nitrogens with one attached hydrogen (secondary N) is 1. The van der Waals surface area contributed by atoms with Gasteiger partial charge in [0, 0.05) is 11.9 Å². The smallest absolute Gasteiger partial charge is 0.337 e. The monoisotopic (exact) mass is 409 g/mol. The summed E-state index contributed by atoms with van der Waals surface area (Å²) in [7, 11) is 2.45. The highest BCUT2D eigenvalue weighted by molar-refractivity contribution is 9.10. The number of rotatable bonds is 5. The SMILES string of the molecule is COC(=O)c1cc(NC(=O)C(C)n2cc(Br)cn2)cc(C(=O)OC)c1. The van der Waals surface area contributed by atoms with Crippen LogP contribution in [0.25, 0.3) is 0 Å². The van der Waals surface area contributed by atoms with E-state index >= 15 is 0 Å². The zero-order valence-corrected chi connectivity index (χ0v) is 15.4. The molecular weight excluding hydrogens is 394 g/mol. The van der Waals surface area contributed by atoms with Crippen molar-refractivity contribution in [1.82, 2.24) is 9.78 Å². The van der Waals surface area contributed by atoms with Crippen LogP contribution in [-0.2, 0) is 14.3 Å². The Morgan fingerprint density at radius 2 is 1.68 bits per heavy atom. The van der Waals surface area contributed by atoms with Crippen LogP contribution in [0.1, 0.15) is 33.7 Å². The van der Waals surface area contributed by atoms with E-state index in [-0.39, 0.29) is 22.7 Å². The molecule has 1 atom stereocenters. The van der Waals surface area contributed by atoms with E-state index in [0.29, 0.717) is 0 Å². The minimum absolute atomic E-state index is 0.121. The Bertz CT molecular complexity index is 784. The summed E-state index contributed by atoms with van der Waals surface area (Å²) in [6, 6.07) is 3.57. The standard InChI is InChI=1S/C16H16BrN3O5/c1-9(20-8-12(17)7-18-20)14(21)19-13-5-10(15(22)24-2)4-11(6-13)16(23)25-3/h4-9H,1-3H3,(H,19,21). The molecule has 1 heterocycles. The van der Waals surface area contributed by atoms with E-state index in [2.05, 4.69) is 35.8 Å². The van der Waals surface area contributed by atoms with Gasteiger partial charge in [-0.05, 0) is 41.1 Å². The van der Waals surface area contributed by atoms with Crippen molar-refractivity contribution >= 4 is 39.5 Å². The van der Waals surface area contributed by atoms with Crippen molar-refractivity contribution in [3.05, 3.63) is 46.2 Å². The number of aromatic nitrogens is 2. The molecule has 0 saturated carbocycles. The van der Waals surface area contributed by atoms with Gasteiger partial charge in [0.2, 0.25) is 5.91 Å². The number of anilines is 1. The van der Waals surface area contributed by atoms with Crippen molar-refractivity contribution in [2.75, 3.05) is 19.5 Å². The first-order valence-electron chi connectivity index (χ1n) is 7.18. The fraction of sp³-hybridized carbons (Fsp3) is 0.250. The summed E-state index contributed by atoms with van der Waals surface area (Å²) in [6.07, 6.45) is 3.23. The number of halogens is 1. The second-order valence-corrected chi connectivity index (χ2v) is 6.00. The Hall–Kier alpha value is -2.68. The molecule has 0 aliphatic carbocycles. The molecule has 0 bridgehead atoms. The maximum absolute atomic E-state index is 12.4. The van der Waals surface area contributed by atoms with E-state index in [1.54, 1.807) is 19.3 Å². The van der Waals surface area contributed by atoms with Crippen molar-refractivity contribution in [3.8, 4) is 0 Å². The molecule has 1 unspecified atom stereocenters. The zero-order valence-electron chi connectivity index (χ0n) is 13.8. The van der Waals surface area contributed by atoms with Gasteiger partial charge in [0.15, 0.2) is 0 Å². The second-order valence-electron chi connectivity index (χ2n) is 5.09. The maximum Gasteiger partial charge on any atom is 0.337 e. The molecule has 2 aromatic rings. The molecule has 0 aliphatic rings. The molecule has 0 saturated heterocycles. The molecule has 0 fully saturated rings. The number of ether oxygens (including phenoxy) is 2. The number of carbonyl (C=O) groups excluding carboxylic acids is 3. The van der Waals surface area contributed by atoms with Crippen molar-refractivity contribution < 1.29 is 23.9 Å². The highest BCUT2D eigenvalue weighted by atomic mass is 79.9. The summed E-state index contributed by atoms with van der Waals surface area (Å²) in [5.74, 6) is -1.64. The van der Waals surface area contributed by atoms with Gasteiger partial charge < -0.3 is 14.8 Å². The summed E-state index contributed by atoms with van der Waals surface area (Å²) in [5, 5.41) is 6.71. The maximum atomic E-state index is 12.4. The first-order chi connectivity index (χ1) is 11.8. The number of amides is 1. The fourth-order valence-corrected chi connectivity index (χ4v) is 2.37. The number of benzene rings is 1. The average molecular weight is 410 g/mol. The van der Waals surface area contributed by atoms with Crippen LogP contribution in [0.2, 0.25) is 0 Å². The van der Waals surface area contributed by atoms with Gasteiger partial charge in [-0.1, -0.05) is 0 Å². The number of hydrogen-bond donors (Lipinski definition) is 1. The molecule has 0 spiro atoms. The third-order valence-corrected chi connectivity index (χ3v) is 3.80. The minimum Gasteiger partial charge on any atom is -0.465 e. The Morgan fingerprint density at radius 3 is 2.12 bits per heavy atom.